The Balaban J connectivity index is 1.71. The van der Waals surface area contributed by atoms with Crippen molar-refractivity contribution in [3.63, 3.8) is 0 Å². The van der Waals surface area contributed by atoms with E-state index in [2.05, 4.69) is 36.0 Å². The Bertz CT molecular complexity index is 944. The molecule has 0 saturated heterocycles. The summed E-state index contributed by atoms with van der Waals surface area (Å²) in [6.45, 7) is 2.03. The van der Waals surface area contributed by atoms with Gasteiger partial charge in [-0.2, -0.15) is 4.98 Å². The molecular weight excluding hydrogens is 411 g/mol. The van der Waals surface area contributed by atoms with E-state index in [-0.39, 0.29) is 11.4 Å². The molecular formula is C16H14BrFN4O2S. The van der Waals surface area contributed by atoms with Gasteiger partial charge in [-0.15, -0.1) is 0 Å². The number of aryl methyl sites for hydroxylation is 1. The Morgan fingerprint density at radius 3 is 2.92 bits per heavy atom. The predicted octanol–water partition coefficient (Wildman–Crippen LogP) is 3.97. The number of H-pyrrole nitrogens is 1. The lowest BCUT2D eigenvalue weighted by atomic mass is 10.2. The van der Waals surface area contributed by atoms with Crippen molar-refractivity contribution in [2.45, 2.75) is 30.7 Å². The fraction of sp³-hybridized carbons (Fsp3) is 0.250. The molecule has 0 unspecified atom stereocenters. The quantitative estimate of drug-likeness (QED) is 0.475. The predicted molar refractivity (Wildman–Crippen MR) is 95.8 cm³/mol. The van der Waals surface area contributed by atoms with Crippen LogP contribution in [0.4, 0.5) is 4.39 Å². The van der Waals surface area contributed by atoms with Gasteiger partial charge in [-0.25, -0.2) is 9.37 Å². The summed E-state index contributed by atoms with van der Waals surface area (Å²) in [6, 6.07) is 6.00. The van der Waals surface area contributed by atoms with Crippen LogP contribution in [0.25, 0.3) is 11.4 Å². The number of aromatic nitrogens is 4. The molecule has 3 aromatic rings. The highest BCUT2D eigenvalue weighted by Gasteiger charge is 2.12. The highest BCUT2D eigenvalue weighted by Crippen LogP contribution is 2.24. The third-order valence-corrected chi connectivity index (χ3v) is 4.72. The highest BCUT2D eigenvalue weighted by molar-refractivity contribution is 9.10. The highest BCUT2D eigenvalue weighted by atomic mass is 79.9. The van der Waals surface area contributed by atoms with Gasteiger partial charge in [0.1, 0.15) is 5.82 Å². The van der Waals surface area contributed by atoms with Crippen molar-refractivity contribution in [1.29, 1.82) is 0 Å². The van der Waals surface area contributed by atoms with Crippen LogP contribution in [0.2, 0.25) is 0 Å². The van der Waals surface area contributed by atoms with Crippen molar-refractivity contribution >= 4 is 27.7 Å². The molecule has 0 atom stereocenters. The van der Waals surface area contributed by atoms with Crippen molar-refractivity contribution in [1.82, 2.24) is 20.1 Å². The zero-order valence-corrected chi connectivity index (χ0v) is 15.7. The van der Waals surface area contributed by atoms with Gasteiger partial charge in [0.25, 0.3) is 5.56 Å². The van der Waals surface area contributed by atoms with Crippen molar-refractivity contribution in [3.05, 3.63) is 56.5 Å². The van der Waals surface area contributed by atoms with Gasteiger partial charge in [0.05, 0.1) is 10.2 Å². The van der Waals surface area contributed by atoms with Gasteiger partial charge in [-0.05, 0) is 40.5 Å². The van der Waals surface area contributed by atoms with Crippen LogP contribution in [0.15, 0.2) is 43.2 Å². The molecule has 0 aliphatic carbocycles. The molecule has 6 nitrogen and oxygen atoms in total. The van der Waals surface area contributed by atoms with Gasteiger partial charge < -0.3 is 9.51 Å². The maximum Gasteiger partial charge on any atom is 0.251 e. The second-order valence-corrected chi connectivity index (χ2v) is 7.04. The summed E-state index contributed by atoms with van der Waals surface area (Å²) in [5.74, 6) is 0.778. The summed E-state index contributed by atoms with van der Waals surface area (Å²) in [6.07, 6.45) is 1.67. The number of thioether (sulfide) groups is 1. The minimum atomic E-state index is -0.356. The SMILES string of the molecule is CCCc1cc(=O)[nH]c(SCc2nc(-c3ccc(F)c(Br)c3)no2)n1. The number of rotatable bonds is 6. The van der Waals surface area contributed by atoms with Crippen LogP contribution in [0.5, 0.6) is 0 Å². The van der Waals surface area contributed by atoms with E-state index in [0.717, 1.165) is 18.5 Å². The zero-order valence-electron chi connectivity index (χ0n) is 13.3. The number of aromatic amines is 1. The Kier molecular flexibility index (Phi) is 5.64. The van der Waals surface area contributed by atoms with E-state index >= 15 is 0 Å². The summed E-state index contributed by atoms with van der Waals surface area (Å²) in [7, 11) is 0. The normalized spacial score (nSPS) is 11.0. The fourth-order valence-electron chi connectivity index (χ4n) is 2.13. The number of hydrogen-bond donors (Lipinski definition) is 1. The zero-order chi connectivity index (χ0) is 17.8. The van der Waals surface area contributed by atoms with Crippen molar-refractivity contribution in [2.75, 3.05) is 0 Å². The molecule has 2 aromatic heterocycles. The van der Waals surface area contributed by atoms with Crippen LogP contribution in [0.1, 0.15) is 24.9 Å². The number of benzene rings is 1. The van der Waals surface area contributed by atoms with Gasteiger partial charge in [-0.1, -0.05) is 30.3 Å². The first-order valence-corrected chi connectivity index (χ1v) is 9.34. The van der Waals surface area contributed by atoms with Crippen LogP contribution in [-0.2, 0) is 12.2 Å². The van der Waals surface area contributed by atoms with E-state index in [9.17, 15) is 9.18 Å². The molecule has 0 amide bonds. The fourth-order valence-corrected chi connectivity index (χ4v) is 3.24. The molecule has 9 heteroatoms. The summed E-state index contributed by atoms with van der Waals surface area (Å²) >= 11 is 4.44. The van der Waals surface area contributed by atoms with Crippen LogP contribution in [0.3, 0.4) is 0 Å². The first kappa shape index (κ1) is 17.8. The first-order valence-electron chi connectivity index (χ1n) is 7.56. The molecule has 0 bridgehead atoms. The standard InChI is InChI=1S/C16H14BrFN4O2S/c1-2-3-10-7-13(23)20-16(19-10)25-8-14-21-15(22-24-14)9-4-5-12(18)11(17)6-9/h4-7H,2-3,8H2,1H3,(H,19,20,23). The molecule has 0 aliphatic rings. The van der Waals surface area contributed by atoms with Crippen LogP contribution < -0.4 is 5.56 Å². The molecule has 0 fully saturated rings. The Labute approximate surface area is 155 Å². The molecule has 0 saturated carbocycles. The average Bonchev–Trinajstić information content (AvgIpc) is 3.04. The van der Waals surface area contributed by atoms with Gasteiger partial charge in [0.2, 0.25) is 11.7 Å². The molecule has 0 radical (unpaired) electrons. The average molecular weight is 425 g/mol. The van der Waals surface area contributed by atoms with Crippen LogP contribution in [0, 0.1) is 5.82 Å². The minimum Gasteiger partial charge on any atom is -0.338 e. The summed E-state index contributed by atoms with van der Waals surface area (Å²) in [5, 5.41) is 4.41. The van der Waals surface area contributed by atoms with Crippen molar-refractivity contribution in [2.24, 2.45) is 0 Å². The van der Waals surface area contributed by atoms with E-state index in [0.29, 0.717) is 32.7 Å². The summed E-state index contributed by atoms with van der Waals surface area (Å²) in [4.78, 5) is 23.0. The molecule has 0 aliphatic heterocycles. The maximum absolute atomic E-state index is 13.3. The molecule has 130 valence electrons. The topological polar surface area (TPSA) is 84.7 Å². The molecule has 1 aromatic carbocycles. The van der Waals surface area contributed by atoms with Crippen LogP contribution >= 0.6 is 27.7 Å². The second kappa shape index (κ2) is 7.92. The Morgan fingerprint density at radius 2 is 2.16 bits per heavy atom. The Hall–Kier alpha value is -2.00. The van der Waals surface area contributed by atoms with Crippen LogP contribution in [-0.4, -0.2) is 20.1 Å². The smallest absolute Gasteiger partial charge is 0.251 e. The first-order chi connectivity index (χ1) is 12.0. The molecule has 0 spiro atoms. The van der Waals surface area contributed by atoms with E-state index in [1.807, 2.05) is 6.92 Å². The van der Waals surface area contributed by atoms with E-state index in [1.165, 1.54) is 23.9 Å². The third-order valence-electron chi connectivity index (χ3n) is 3.26. The number of nitrogens with one attached hydrogen (secondary N) is 1. The van der Waals surface area contributed by atoms with E-state index in [1.54, 1.807) is 12.1 Å². The molecule has 3 rings (SSSR count). The van der Waals surface area contributed by atoms with E-state index in [4.69, 9.17) is 4.52 Å². The molecule has 1 N–H and O–H groups in total. The number of hydrogen-bond acceptors (Lipinski definition) is 6. The lowest BCUT2D eigenvalue weighted by molar-refractivity contribution is 0.391. The van der Waals surface area contributed by atoms with Gasteiger partial charge in [0, 0.05) is 17.3 Å². The van der Waals surface area contributed by atoms with Crippen molar-refractivity contribution in [3.8, 4) is 11.4 Å². The Morgan fingerprint density at radius 1 is 1.32 bits per heavy atom. The lowest BCUT2D eigenvalue weighted by Gasteiger charge is -2.01. The largest absolute Gasteiger partial charge is 0.338 e. The number of nitrogens with zero attached hydrogens (tertiary/aromatic N) is 3. The van der Waals surface area contributed by atoms with Gasteiger partial charge in [0.15, 0.2) is 5.16 Å². The van der Waals surface area contributed by atoms with Gasteiger partial charge in [-0.3, -0.25) is 4.79 Å². The van der Waals surface area contributed by atoms with E-state index < -0.39 is 0 Å². The van der Waals surface area contributed by atoms with Crippen molar-refractivity contribution < 1.29 is 8.91 Å². The minimum absolute atomic E-state index is 0.177. The van der Waals surface area contributed by atoms with Gasteiger partial charge >= 0.3 is 0 Å². The summed E-state index contributed by atoms with van der Waals surface area (Å²) < 4.78 is 18.8. The number of halogens is 2. The maximum atomic E-state index is 13.3. The third kappa shape index (κ3) is 4.55. The molecule has 25 heavy (non-hydrogen) atoms. The summed E-state index contributed by atoms with van der Waals surface area (Å²) in [5.41, 5.74) is 1.23. The lowest BCUT2D eigenvalue weighted by Crippen LogP contribution is -2.09. The monoisotopic (exact) mass is 424 g/mol. The second-order valence-electron chi connectivity index (χ2n) is 5.22. The molecule has 2 heterocycles.